The molecule has 0 spiro atoms. The Labute approximate surface area is 104 Å². The molecule has 3 rings (SSSR count). The van der Waals surface area contributed by atoms with Gasteiger partial charge >= 0.3 is 0 Å². The van der Waals surface area contributed by atoms with Crippen molar-refractivity contribution < 1.29 is 0 Å². The van der Waals surface area contributed by atoms with E-state index in [0.717, 1.165) is 26.1 Å². The third-order valence-electron chi connectivity index (χ3n) is 2.51. The van der Waals surface area contributed by atoms with Crippen LogP contribution in [-0.4, -0.2) is 15.2 Å². The molecule has 0 fully saturated rings. The van der Waals surface area contributed by atoms with Crippen LogP contribution in [0.1, 0.15) is 25.1 Å². The third kappa shape index (κ3) is 1.76. The van der Waals surface area contributed by atoms with E-state index in [2.05, 4.69) is 28.2 Å². The maximum Gasteiger partial charge on any atom is 0.163 e. The number of thiophene rings is 1. The lowest BCUT2D eigenvalue weighted by molar-refractivity contribution is 1.13. The van der Waals surface area contributed by atoms with Crippen molar-refractivity contribution in [3.8, 4) is 0 Å². The minimum Gasteiger partial charge on any atom is -0.381 e. The van der Waals surface area contributed by atoms with E-state index in [1.165, 1.54) is 5.56 Å². The van der Waals surface area contributed by atoms with Gasteiger partial charge in [-0.05, 0) is 25.5 Å². The van der Waals surface area contributed by atoms with E-state index in [1.807, 2.05) is 20.8 Å². The Morgan fingerprint density at radius 2 is 2.00 bits per heavy atom. The van der Waals surface area contributed by atoms with Crippen LogP contribution in [0, 0.1) is 13.8 Å². The van der Waals surface area contributed by atoms with Crippen molar-refractivity contribution in [2.75, 3.05) is 5.73 Å². The van der Waals surface area contributed by atoms with Gasteiger partial charge in [0.1, 0.15) is 4.83 Å². The van der Waals surface area contributed by atoms with Crippen LogP contribution in [0.15, 0.2) is 6.07 Å². The normalized spacial score (nSPS) is 10.6. The summed E-state index contributed by atoms with van der Waals surface area (Å²) >= 11 is 1.59. The van der Waals surface area contributed by atoms with E-state index in [1.54, 1.807) is 11.3 Å². The molecule has 0 radical (unpaired) electrons. The molecular formula is C12H16N4S. The second kappa shape index (κ2) is 4.33. The molecule has 0 aliphatic rings. The van der Waals surface area contributed by atoms with E-state index in [4.69, 9.17) is 5.73 Å². The molecule has 4 nitrogen and oxygen atoms in total. The number of fused-ring (bicyclic) bond motifs is 3. The van der Waals surface area contributed by atoms with Crippen LogP contribution in [-0.2, 0) is 0 Å². The fraction of sp³-hybridized carbons (Fsp3) is 0.333. The predicted octanol–water partition coefficient (Wildman–Crippen LogP) is 3.40. The maximum absolute atomic E-state index is 5.77. The highest BCUT2D eigenvalue weighted by atomic mass is 32.1. The maximum atomic E-state index is 5.77. The minimum absolute atomic E-state index is 0.560. The van der Waals surface area contributed by atoms with Crippen molar-refractivity contribution in [3.63, 3.8) is 0 Å². The lowest BCUT2D eigenvalue weighted by Gasteiger charge is -1.97. The van der Waals surface area contributed by atoms with Gasteiger partial charge in [-0.3, -0.25) is 5.10 Å². The molecule has 90 valence electrons. The molecule has 0 atom stereocenters. The molecular weight excluding hydrogens is 232 g/mol. The van der Waals surface area contributed by atoms with Crippen molar-refractivity contribution in [2.24, 2.45) is 0 Å². The van der Waals surface area contributed by atoms with E-state index in [9.17, 15) is 0 Å². The summed E-state index contributed by atoms with van der Waals surface area (Å²) in [5, 5.41) is 8.11. The SMILES string of the molecule is CC.Cc1cc(C)c2c(n1)sc1c(N)n[nH]c12. The molecule has 0 bridgehead atoms. The molecule has 0 aromatic carbocycles. The molecule has 3 aromatic heterocycles. The molecule has 0 saturated heterocycles. The predicted molar refractivity (Wildman–Crippen MR) is 74.5 cm³/mol. The van der Waals surface area contributed by atoms with Gasteiger partial charge in [0.05, 0.1) is 10.2 Å². The standard InChI is InChI=1S/C10H10N4S.C2H6/c1-4-3-5(2)12-10-6(4)7-8(15-10)9(11)14-13-7;1-2/h3H,1-2H3,(H3,11,13,14);1-2H3. The highest BCUT2D eigenvalue weighted by molar-refractivity contribution is 7.26. The summed E-state index contributed by atoms with van der Waals surface area (Å²) in [6.45, 7) is 8.09. The van der Waals surface area contributed by atoms with Gasteiger partial charge in [0.2, 0.25) is 0 Å². The average Bonchev–Trinajstić information content (AvgIpc) is 2.82. The van der Waals surface area contributed by atoms with E-state index < -0.39 is 0 Å². The Morgan fingerprint density at radius 3 is 2.71 bits per heavy atom. The molecule has 3 aromatic rings. The van der Waals surface area contributed by atoms with Gasteiger partial charge in [-0.25, -0.2) is 4.98 Å². The summed E-state index contributed by atoms with van der Waals surface area (Å²) in [7, 11) is 0. The lowest BCUT2D eigenvalue weighted by atomic mass is 10.2. The zero-order chi connectivity index (χ0) is 12.6. The molecule has 0 unspecified atom stereocenters. The number of nitrogens with zero attached hydrogens (tertiary/aromatic N) is 2. The van der Waals surface area contributed by atoms with Crippen LogP contribution in [0.5, 0.6) is 0 Å². The average molecular weight is 248 g/mol. The molecule has 3 N–H and O–H groups in total. The van der Waals surface area contributed by atoms with Gasteiger partial charge in [0.25, 0.3) is 0 Å². The van der Waals surface area contributed by atoms with Crippen molar-refractivity contribution in [1.29, 1.82) is 0 Å². The van der Waals surface area contributed by atoms with Crippen molar-refractivity contribution in [2.45, 2.75) is 27.7 Å². The Kier molecular flexibility index (Phi) is 3.02. The van der Waals surface area contributed by atoms with Crippen LogP contribution < -0.4 is 5.73 Å². The van der Waals surface area contributed by atoms with Crippen LogP contribution in [0.2, 0.25) is 0 Å². The third-order valence-corrected chi connectivity index (χ3v) is 3.61. The topological polar surface area (TPSA) is 67.6 Å². The number of nitrogen functional groups attached to an aromatic ring is 1. The first-order valence-corrected chi connectivity index (χ1v) is 6.49. The number of aromatic nitrogens is 3. The van der Waals surface area contributed by atoms with Gasteiger partial charge in [-0.15, -0.1) is 11.3 Å². The molecule has 5 heteroatoms. The van der Waals surface area contributed by atoms with Gasteiger partial charge < -0.3 is 5.73 Å². The van der Waals surface area contributed by atoms with E-state index in [-0.39, 0.29) is 0 Å². The first-order chi connectivity index (χ1) is 8.16. The van der Waals surface area contributed by atoms with Crippen LogP contribution in [0.3, 0.4) is 0 Å². The number of hydrogen-bond donors (Lipinski definition) is 2. The summed E-state index contributed by atoms with van der Waals surface area (Å²) in [4.78, 5) is 5.53. The minimum atomic E-state index is 0.560. The summed E-state index contributed by atoms with van der Waals surface area (Å²) < 4.78 is 1.01. The quantitative estimate of drug-likeness (QED) is 0.640. The Morgan fingerprint density at radius 1 is 1.29 bits per heavy atom. The van der Waals surface area contributed by atoms with Crippen molar-refractivity contribution in [1.82, 2.24) is 15.2 Å². The van der Waals surface area contributed by atoms with Gasteiger partial charge in [-0.1, -0.05) is 13.8 Å². The van der Waals surface area contributed by atoms with Crippen molar-refractivity contribution in [3.05, 3.63) is 17.3 Å². The second-order valence-corrected chi connectivity index (χ2v) is 4.67. The molecule has 0 amide bonds. The van der Waals surface area contributed by atoms with Gasteiger partial charge in [0, 0.05) is 11.1 Å². The van der Waals surface area contributed by atoms with E-state index >= 15 is 0 Å². The Hall–Kier alpha value is -1.62. The van der Waals surface area contributed by atoms with Crippen molar-refractivity contribution >= 4 is 37.6 Å². The summed E-state index contributed by atoms with van der Waals surface area (Å²) in [6.07, 6.45) is 0. The second-order valence-electron chi connectivity index (χ2n) is 3.68. The molecule has 0 aliphatic carbocycles. The number of nitrogens with two attached hydrogens (primary N) is 1. The first-order valence-electron chi connectivity index (χ1n) is 5.67. The van der Waals surface area contributed by atoms with Crippen LogP contribution >= 0.6 is 11.3 Å². The molecule has 17 heavy (non-hydrogen) atoms. The summed E-state index contributed by atoms with van der Waals surface area (Å²) in [6, 6.07) is 2.07. The van der Waals surface area contributed by atoms with Crippen LogP contribution in [0.25, 0.3) is 20.4 Å². The van der Waals surface area contributed by atoms with Gasteiger partial charge in [-0.2, -0.15) is 5.10 Å². The fourth-order valence-corrected chi connectivity index (χ4v) is 3.04. The van der Waals surface area contributed by atoms with E-state index in [0.29, 0.717) is 5.82 Å². The Bertz CT molecular complexity index is 666. The molecule has 3 heterocycles. The summed E-state index contributed by atoms with van der Waals surface area (Å²) in [5.74, 6) is 0.560. The monoisotopic (exact) mass is 248 g/mol. The fourth-order valence-electron chi connectivity index (χ4n) is 1.90. The lowest BCUT2D eigenvalue weighted by Crippen LogP contribution is -1.84. The highest BCUT2D eigenvalue weighted by Crippen LogP contribution is 2.36. The zero-order valence-corrected chi connectivity index (χ0v) is 11.3. The smallest absolute Gasteiger partial charge is 0.163 e. The number of aromatic amines is 1. The Balaban J connectivity index is 0.000000514. The molecule has 0 saturated carbocycles. The highest BCUT2D eigenvalue weighted by Gasteiger charge is 2.13. The number of nitrogens with one attached hydrogen (secondary N) is 1. The number of H-pyrrole nitrogens is 1. The zero-order valence-electron chi connectivity index (χ0n) is 10.5. The first kappa shape index (κ1) is 11.9. The number of rotatable bonds is 0. The number of pyridine rings is 1. The summed E-state index contributed by atoms with van der Waals surface area (Å²) in [5.41, 5.74) is 9.03. The van der Waals surface area contributed by atoms with Gasteiger partial charge in [0.15, 0.2) is 5.82 Å². The molecule has 0 aliphatic heterocycles. The number of hydrogen-bond acceptors (Lipinski definition) is 4. The number of anilines is 1. The largest absolute Gasteiger partial charge is 0.381 e. The number of aryl methyl sites for hydroxylation is 2. The van der Waals surface area contributed by atoms with Crippen LogP contribution in [0.4, 0.5) is 5.82 Å².